The molecule has 2 aromatic heterocycles. The van der Waals surface area contributed by atoms with Gasteiger partial charge in [0.25, 0.3) is 20.0 Å². The molecule has 36 heavy (non-hydrogen) atoms. The first kappa shape index (κ1) is 23.8. The van der Waals surface area contributed by atoms with E-state index in [1.54, 1.807) is 48.5 Å². The van der Waals surface area contributed by atoms with Crippen molar-refractivity contribution in [3.8, 4) is 11.1 Å². The minimum Gasteiger partial charge on any atom is -0.398 e. The first-order chi connectivity index (χ1) is 17.2. The highest BCUT2D eigenvalue weighted by atomic mass is 35.5. The number of anilines is 2. The van der Waals surface area contributed by atoms with Crippen molar-refractivity contribution in [2.75, 3.05) is 10.5 Å². The predicted molar refractivity (Wildman–Crippen MR) is 139 cm³/mol. The average molecular weight is 540 g/mol. The molecule has 5 rings (SSSR count). The van der Waals surface area contributed by atoms with Gasteiger partial charge in [-0.05, 0) is 48.0 Å². The summed E-state index contributed by atoms with van der Waals surface area (Å²) in [4.78, 5) is 4.24. The Morgan fingerprint density at radius 1 is 0.806 bits per heavy atom. The lowest BCUT2D eigenvalue weighted by Crippen LogP contribution is -2.14. The molecule has 5 aromatic rings. The smallest absolute Gasteiger partial charge is 0.283 e. The van der Waals surface area contributed by atoms with Crippen molar-refractivity contribution in [1.82, 2.24) is 14.2 Å². The monoisotopic (exact) mass is 539 g/mol. The molecule has 0 unspecified atom stereocenters. The van der Waals surface area contributed by atoms with E-state index in [4.69, 9.17) is 17.3 Å². The third-order valence-corrected chi connectivity index (χ3v) is 8.72. The molecular weight excluding hydrogens is 522 g/mol. The van der Waals surface area contributed by atoms with E-state index in [2.05, 4.69) is 14.8 Å². The maximum absolute atomic E-state index is 13.2. The van der Waals surface area contributed by atoms with Crippen LogP contribution in [0.4, 0.5) is 11.4 Å². The summed E-state index contributed by atoms with van der Waals surface area (Å²) < 4.78 is 55.4. The van der Waals surface area contributed by atoms with Gasteiger partial charge in [0.2, 0.25) is 0 Å². The van der Waals surface area contributed by atoms with Crippen molar-refractivity contribution in [1.29, 1.82) is 0 Å². The molecule has 12 heteroatoms. The summed E-state index contributed by atoms with van der Waals surface area (Å²) in [5.41, 5.74) is 7.79. The fourth-order valence-electron chi connectivity index (χ4n) is 3.66. The SMILES string of the molecule is Nc1cc(-c2cnc(Cl)c(NS(=O)(=O)c3ccccc3)c2)cc2c1cnn2S(=O)(=O)c1ccccc1. The van der Waals surface area contributed by atoms with Gasteiger partial charge < -0.3 is 5.73 Å². The van der Waals surface area contributed by atoms with Crippen LogP contribution in [0.3, 0.4) is 0 Å². The highest BCUT2D eigenvalue weighted by molar-refractivity contribution is 7.92. The van der Waals surface area contributed by atoms with E-state index in [0.717, 1.165) is 4.09 Å². The third-order valence-electron chi connectivity index (χ3n) is 5.43. The molecule has 0 atom stereocenters. The summed E-state index contributed by atoms with van der Waals surface area (Å²) in [6, 6.07) is 20.5. The zero-order chi connectivity index (χ0) is 25.5. The molecule has 3 aromatic carbocycles. The highest BCUT2D eigenvalue weighted by Gasteiger charge is 2.22. The number of rotatable bonds is 6. The lowest BCUT2D eigenvalue weighted by molar-refractivity contribution is 0.582. The Morgan fingerprint density at radius 2 is 1.44 bits per heavy atom. The lowest BCUT2D eigenvalue weighted by Gasteiger charge is -2.12. The van der Waals surface area contributed by atoms with Gasteiger partial charge in [-0.1, -0.05) is 48.0 Å². The van der Waals surface area contributed by atoms with Gasteiger partial charge in [-0.2, -0.15) is 17.6 Å². The molecule has 0 spiro atoms. The van der Waals surface area contributed by atoms with E-state index in [-0.39, 0.29) is 26.1 Å². The minimum atomic E-state index is -3.99. The Hall–Kier alpha value is -3.93. The molecule has 0 aliphatic carbocycles. The van der Waals surface area contributed by atoms with Crippen LogP contribution in [-0.2, 0) is 20.0 Å². The van der Waals surface area contributed by atoms with Crippen LogP contribution in [0, 0.1) is 0 Å². The van der Waals surface area contributed by atoms with Crippen LogP contribution in [0.15, 0.2) is 101 Å². The quantitative estimate of drug-likeness (QED) is 0.241. The topological polar surface area (TPSA) is 137 Å². The second-order valence-electron chi connectivity index (χ2n) is 7.78. The number of aromatic nitrogens is 3. The Morgan fingerprint density at radius 3 is 2.11 bits per heavy atom. The van der Waals surface area contributed by atoms with Gasteiger partial charge in [0.1, 0.15) is 0 Å². The number of benzene rings is 3. The number of sulfonamides is 1. The van der Waals surface area contributed by atoms with Crippen LogP contribution >= 0.6 is 11.6 Å². The molecule has 0 aliphatic rings. The van der Waals surface area contributed by atoms with Gasteiger partial charge in [-0.15, -0.1) is 0 Å². The molecule has 0 bridgehead atoms. The van der Waals surface area contributed by atoms with Crippen LogP contribution in [0.2, 0.25) is 5.15 Å². The number of nitrogens with zero attached hydrogens (tertiary/aromatic N) is 3. The van der Waals surface area contributed by atoms with Crippen molar-refractivity contribution in [2.24, 2.45) is 0 Å². The molecular formula is C24H18ClN5O4S2. The normalized spacial score (nSPS) is 12.0. The molecule has 2 heterocycles. The van der Waals surface area contributed by atoms with E-state index >= 15 is 0 Å². The standard InChI is InChI=1S/C24H18ClN5O4S2/c25-24-22(29-35(31,32)18-7-3-1-4-8-18)12-17(14-27-24)16-11-21(26)20-15-28-30(23(20)13-16)36(33,34)19-9-5-2-6-10-19/h1-15,29H,26H2. The molecule has 0 saturated heterocycles. The number of fused-ring (bicyclic) bond motifs is 1. The van der Waals surface area contributed by atoms with Gasteiger partial charge >= 0.3 is 0 Å². The van der Waals surface area contributed by atoms with Gasteiger partial charge in [-0.25, -0.2) is 13.4 Å². The van der Waals surface area contributed by atoms with Crippen molar-refractivity contribution in [3.63, 3.8) is 0 Å². The first-order valence-electron chi connectivity index (χ1n) is 10.5. The number of halogens is 1. The Kier molecular flexibility index (Phi) is 5.91. The van der Waals surface area contributed by atoms with Crippen LogP contribution in [0.25, 0.3) is 22.0 Å². The van der Waals surface area contributed by atoms with Crippen molar-refractivity contribution >= 4 is 53.9 Å². The van der Waals surface area contributed by atoms with E-state index < -0.39 is 20.0 Å². The van der Waals surface area contributed by atoms with Gasteiger partial charge in [0.05, 0.1) is 27.2 Å². The van der Waals surface area contributed by atoms with E-state index in [1.165, 1.54) is 42.7 Å². The number of nitrogens with two attached hydrogens (primary N) is 1. The number of nitrogen functional groups attached to an aromatic ring is 1. The molecule has 0 aliphatic heterocycles. The largest absolute Gasteiger partial charge is 0.398 e. The fourth-order valence-corrected chi connectivity index (χ4v) is 6.23. The summed E-state index contributed by atoms with van der Waals surface area (Å²) in [6.07, 6.45) is 2.82. The van der Waals surface area contributed by atoms with Gasteiger partial charge in [0.15, 0.2) is 5.15 Å². The molecule has 0 radical (unpaired) electrons. The second kappa shape index (κ2) is 8.94. The predicted octanol–water partition coefficient (Wildman–Crippen LogP) is 4.37. The third kappa shape index (κ3) is 4.28. The fraction of sp³-hybridized carbons (Fsp3) is 0. The Balaban J connectivity index is 1.60. The lowest BCUT2D eigenvalue weighted by atomic mass is 10.0. The van der Waals surface area contributed by atoms with Crippen molar-refractivity contribution < 1.29 is 16.8 Å². The number of pyridine rings is 1. The summed E-state index contributed by atoms with van der Waals surface area (Å²) >= 11 is 6.18. The summed E-state index contributed by atoms with van der Waals surface area (Å²) in [5, 5.41) is 4.47. The number of hydrogen-bond donors (Lipinski definition) is 2. The molecule has 182 valence electrons. The van der Waals surface area contributed by atoms with E-state index in [1.807, 2.05) is 0 Å². The zero-order valence-electron chi connectivity index (χ0n) is 18.4. The average Bonchev–Trinajstić information content (AvgIpc) is 3.32. The van der Waals surface area contributed by atoms with Crippen molar-refractivity contribution in [3.05, 3.63) is 96.4 Å². The first-order valence-corrected chi connectivity index (χ1v) is 13.8. The van der Waals surface area contributed by atoms with E-state index in [0.29, 0.717) is 22.2 Å². The van der Waals surface area contributed by atoms with Crippen molar-refractivity contribution in [2.45, 2.75) is 9.79 Å². The number of hydrogen-bond acceptors (Lipinski definition) is 7. The van der Waals surface area contributed by atoms with Gasteiger partial charge in [0, 0.05) is 22.8 Å². The van der Waals surface area contributed by atoms with Crippen LogP contribution in [0.5, 0.6) is 0 Å². The zero-order valence-corrected chi connectivity index (χ0v) is 20.8. The molecule has 3 N–H and O–H groups in total. The van der Waals surface area contributed by atoms with Gasteiger partial charge in [-0.3, -0.25) is 4.72 Å². The molecule has 0 fully saturated rings. The maximum Gasteiger partial charge on any atom is 0.283 e. The Bertz CT molecular complexity index is 1810. The molecule has 9 nitrogen and oxygen atoms in total. The van der Waals surface area contributed by atoms with E-state index in [9.17, 15) is 16.8 Å². The Labute approximate surface area is 212 Å². The number of nitrogens with one attached hydrogen (secondary N) is 1. The summed E-state index contributed by atoms with van der Waals surface area (Å²) in [5.74, 6) is 0. The molecule has 0 amide bonds. The van der Waals surface area contributed by atoms with Crippen LogP contribution in [-0.4, -0.2) is 31.0 Å². The molecule has 0 saturated carbocycles. The van der Waals surface area contributed by atoms with Crippen LogP contribution < -0.4 is 10.5 Å². The summed E-state index contributed by atoms with van der Waals surface area (Å²) in [7, 11) is -7.90. The van der Waals surface area contributed by atoms with Crippen LogP contribution in [0.1, 0.15) is 0 Å². The summed E-state index contributed by atoms with van der Waals surface area (Å²) in [6.45, 7) is 0. The highest BCUT2D eigenvalue weighted by Crippen LogP contribution is 2.33. The maximum atomic E-state index is 13.2. The minimum absolute atomic E-state index is 0.0518. The second-order valence-corrected chi connectivity index (χ2v) is 11.6.